The van der Waals surface area contributed by atoms with Crippen LogP contribution in [0.25, 0.3) is 0 Å². The Bertz CT molecular complexity index is 523. The first-order valence-electron chi connectivity index (χ1n) is 7.25. The molecule has 0 spiro atoms. The summed E-state index contributed by atoms with van der Waals surface area (Å²) in [5.74, 6) is -0.810. The SMILES string of the molecule is CCC(=CCN1CCN(c2cccc(Cl)c2)CC1)C(=O)O. The van der Waals surface area contributed by atoms with Gasteiger partial charge >= 0.3 is 5.97 Å². The van der Waals surface area contributed by atoms with Gasteiger partial charge in [0.05, 0.1) is 0 Å². The van der Waals surface area contributed by atoms with Crippen LogP contribution in [-0.4, -0.2) is 48.7 Å². The molecule has 21 heavy (non-hydrogen) atoms. The molecule has 0 atom stereocenters. The van der Waals surface area contributed by atoms with Crippen LogP contribution < -0.4 is 4.90 Å². The molecule has 0 bridgehead atoms. The summed E-state index contributed by atoms with van der Waals surface area (Å²) in [5, 5.41) is 9.77. The quantitative estimate of drug-likeness (QED) is 0.850. The summed E-state index contributed by atoms with van der Waals surface area (Å²) in [7, 11) is 0. The number of aliphatic carboxylic acids is 1. The number of piperazine rings is 1. The van der Waals surface area contributed by atoms with Crippen molar-refractivity contribution in [2.75, 3.05) is 37.6 Å². The molecule has 0 unspecified atom stereocenters. The number of benzene rings is 1. The molecule has 4 nitrogen and oxygen atoms in total. The molecule has 0 aromatic heterocycles. The minimum Gasteiger partial charge on any atom is -0.478 e. The highest BCUT2D eigenvalue weighted by molar-refractivity contribution is 6.30. The first kappa shape index (κ1) is 15.9. The highest BCUT2D eigenvalue weighted by Crippen LogP contribution is 2.20. The van der Waals surface area contributed by atoms with E-state index in [1.807, 2.05) is 31.2 Å². The molecule has 2 rings (SSSR count). The van der Waals surface area contributed by atoms with Crippen LogP contribution >= 0.6 is 11.6 Å². The summed E-state index contributed by atoms with van der Waals surface area (Å²) in [6, 6.07) is 7.90. The fourth-order valence-electron chi connectivity index (χ4n) is 2.48. The van der Waals surface area contributed by atoms with Gasteiger partial charge in [-0.2, -0.15) is 0 Å². The Hall–Kier alpha value is -1.52. The molecule has 1 N–H and O–H groups in total. The van der Waals surface area contributed by atoms with E-state index in [4.69, 9.17) is 16.7 Å². The smallest absolute Gasteiger partial charge is 0.331 e. The van der Waals surface area contributed by atoms with Crippen LogP contribution in [0.5, 0.6) is 0 Å². The maximum absolute atomic E-state index is 11.0. The molecule has 1 aromatic rings. The van der Waals surface area contributed by atoms with Crippen molar-refractivity contribution in [3.63, 3.8) is 0 Å². The largest absolute Gasteiger partial charge is 0.478 e. The number of rotatable bonds is 5. The van der Waals surface area contributed by atoms with Crippen molar-refractivity contribution in [2.45, 2.75) is 13.3 Å². The third-order valence-electron chi connectivity index (χ3n) is 3.80. The molecule has 1 aromatic carbocycles. The fraction of sp³-hybridized carbons (Fsp3) is 0.438. The summed E-state index contributed by atoms with van der Waals surface area (Å²) >= 11 is 6.02. The van der Waals surface area contributed by atoms with E-state index >= 15 is 0 Å². The number of hydrogen-bond donors (Lipinski definition) is 1. The predicted octanol–water partition coefficient (Wildman–Crippen LogP) is 2.88. The van der Waals surface area contributed by atoms with Crippen molar-refractivity contribution in [3.8, 4) is 0 Å². The number of anilines is 1. The molecule has 1 saturated heterocycles. The van der Waals surface area contributed by atoms with Gasteiger partial charge in [0.25, 0.3) is 0 Å². The molecule has 114 valence electrons. The Morgan fingerprint density at radius 1 is 1.33 bits per heavy atom. The van der Waals surface area contributed by atoms with Crippen LogP contribution in [0, 0.1) is 0 Å². The maximum Gasteiger partial charge on any atom is 0.331 e. The summed E-state index contributed by atoms with van der Waals surface area (Å²) in [6.07, 6.45) is 2.40. The minimum atomic E-state index is -0.810. The molecule has 0 aliphatic carbocycles. The van der Waals surface area contributed by atoms with Crippen LogP contribution in [0.1, 0.15) is 13.3 Å². The molecule has 0 amide bonds. The Kier molecular flexibility index (Phi) is 5.65. The number of carboxylic acid groups (broad SMARTS) is 1. The normalized spacial score (nSPS) is 17.0. The zero-order valence-electron chi connectivity index (χ0n) is 12.3. The van der Waals surface area contributed by atoms with Gasteiger partial charge in [0, 0.05) is 49.0 Å². The number of halogens is 1. The molecule has 1 aliphatic rings. The number of carboxylic acids is 1. The maximum atomic E-state index is 11.0. The van der Waals surface area contributed by atoms with Crippen LogP contribution in [0.2, 0.25) is 5.02 Å². The first-order chi connectivity index (χ1) is 10.1. The van der Waals surface area contributed by atoms with E-state index in [9.17, 15) is 4.79 Å². The van der Waals surface area contributed by atoms with E-state index < -0.39 is 5.97 Å². The van der Waals surface area contributed by atoms with Gasteiger partial charge < -0.3 is 10.0 Å². The third-order valence-corrected chi connectivity index (χ3v) is 4.03. The lowest BCUT2D eigenvalue weighted by Crippen LogP contribution is -2.46. The molecular weight excluding hydrogens is 288 g/mol. The van der Waals surface area contributed by atoms with Crippen LogP contribution in [0.3, 0.4) is 0 Å². The molecule has 5 heteroatoms. The predicted molar refractivity (Wildman–Crippen MR) is 86.1 cm³/mol. The Morgan fingerprint density at radius 3 is 2.62 bits per heavy atom. The third kappa shape index (κ3) is 4.48. The van der Waals surface area contributed by atoms with Gasteiger partial charge in [-0.1, -0.05) is 30.7 Å². The van der Waals surface area contributed by atoms with Gasteiger partial charge in [-0.25, -0.2) is 4.79 Å². The van der Waals surface area contributed by atoms with E-state index in [0.29, 0.717) is 18.5 Å². The molecule has 1 heterocycles. The fourth-order valence-corrected chi connectivity index (χ4v) is 2.67. The molecule has 1 aliphatic heterocycles. The van der Waals surface area contributed by atoms with E-state index in [2.05, 4.69) is 15.9 Å². The number of carbonyl (C=O) groups is 1. The zero-order valence-corrected chi connectivity index (χ0v) is 13.0. The topological polar surface area (TPSA) is 43.8 Å². The van der Waals surface area contributed by atoms with Gasteiger partial charge in [0.2, 0.25) is 0 Å². The van der Waals surface area contributed by atoms with E-state index in [1.54, 1.807) is 0 Å². The second kappa shape index (κ2) is 7.48. The van der Waals surface area contributed by atoms with Gasteiger partial charge in [-0.15, -0.1) is 0 Å². The summed E-state index contributed by atoms with van der Waals surface area (Å²) in [5.41, 5.74) is 1.64. The lowest BCUT2D eigenvalue weighted by molar-refractivity contribution is -0.132. The Morgan fingerprint density at radius 2 is 2.05 bits per heavy atom. The minimum absolute atomic E-state index is 0.493. The standard InChI is InChI=1S/C16H21ClN2O2/c1-2-13(16(20)21)6-7-18-8-10-19(11-9-18)15-5-3-4-14(17)12-15/h3-6,12H,2,7-11H2,1H3,(H,20,21). The average molecular weight is 309 g/mol. The van der Waals surface area contributed by atoms with Crippen molar-refractivity contribution >= 4 is 23.3 Å². The average Bonchev–Trinajstić information content (AvgIpc) is 2.48. The van der Waals surface area contributed by atoms with E-state index in [-0.39, 0.29) is 0 Å². The molecule has 1 fully saturated rings. The van der Waals surface area contributed by atoms with Crippen molar-refractivity contribution < 1.29 is 9.90 Å². The number of nitrogens with zero attached hydrogens (tertiary/aromatic N) is 2. The zero-order chi connectivity index (χ0) is 15.2. The first-order valence-corrected chi connectivity index (χ1v) is 7.63. The number of hydrogen-bond acceptors (Lipinski definition) is 3. The second-order valence-corrected chi connectivity index (χ2v) is 5.59. The Balaban J connectivity index is 1.87. The highest BCUT2D eigenvalue weighted by atomic mass is 35.5. The van der Waals surface area contributed by atoms with Crippen molar-refractivity contribution in [1.82, 2.24) is 4.90 Å². The van der Waals surface area contributed by atoms with Crippen molar-refractivity contribution in [2.24, 2.45) is 0 Å². The lowest BCUT2D eigenvalue weighted by atomic mass is 10.2. The van der Waals surface area contributed by atoms with E-state index in [0.717, 1.165) is 36.9 Å². The Labute approximate surface area is 130 Å². The summed E-state index contributed by atoms with van der Waals surface area (Å²) < 4.78 is 0. The van der Waals surface area contributed by atoms with Gasteiger partial charge in [-0.05, 0) is 24.6 Å². The molecule has 0 saturated carbocycles. The van der Waals surface area contributed by atoms with E-state index in [1.165, 1.54) is 0 Å². The second-order valence-electron chi connectivity index (χ2n) is 5.16. The van der Waals surface area contributed by atoms with Crippen LogP contribution in [0.15, 0.2) is 35.9 Å². The van der Waals surface area contributed by atoms with Crippen molar-refractivity contribution in [1.29, 1.82) is 0 Å². The highest BCUT2D eigenvalue weighted by Gasteiger charge is 2.17. The monoisotopic (exact) mass is 308 g/mol. The lowest BCUT2D eigenvalue weighted by Gasteiger charge is -2.35. The molecular formula is C16H21ClN2O2. The molecule has 0 radical (unpaired) electrons. The van der Waals surface area contributed by atoms with Gasteiger partial charge in [-0.3, -0.25) is 4.90 Å². The van der Waals surface area contributed by atoms with Crippen LogP contribution in [0.4, 0.5) is 5.69 Å². The summed E-state index contributed by atoms with van der Waals surface area (Å²) in [6.45, 7) is 6.31. The summed E-state index contributed by atoms with van der Waals surface area (Å²) in [4.78, 5) is 15.6. The van der Waals surface area contributed by atoms with Crippen molar-refractivity contribution in [3.05, 3.63) is 40.9 Å². The van der Waals surface area contributed by atoms with Gasteiger partial charge in [0.1, 0.15) is 0 Å². The van der Waals surface area contributed by atoms with Gasteiger partial charge in [0.15, 0.2) is 0 Å². The van der Waals surface area contributed by atoms with Crippen LogP contribution in [-0.2, 0) is 4.79 Å².